The maximum absolute atomic E-state index is 12.7. The number of fused-ring (bicyclic) bond motifs is 1. The molecule has 126 valence electrons. The van der Waals surface area contributed by atoms with E-state index in [9.17, 15) is 14.4 Å². The van der Waals surface area contributed by atoms with Gasteiger partial charge in [-0.3, -0.25) is 14.2 Å². The number of amides is 1. The first-order valence-corrected chi connectivity index (χ1v) is 7.93. The Morgan fingerprint density at radius 2 is 2.08 bits per heavy atom. The van der Waals surface area contributed by atoms with Gasteiger partial charge in [-0.05, 0) is 31.4 Å². The Morgan fingerprint density at radius 3 is 2.88 bits per heavy atom. The zero-order valence-corrected chi connectivity index (χ0v) is 13.5. The van der Waals surface area contributed by atoms with Crippen LogP contribution < -0.4 is 5.56 Å². The van der Waals surface area contributed by atoms with Gasteiger partial charge in [0.1, 0.15) is 12.6 Å². The van der Waals surface area contributed by atoms with Crippen molar-refractivity contribution in [1.82, 2.24) is 14.5 Å². The van der Waals surface area contributed by atoms with Crippen molar-refractivity contribution >= 4 is 22.9 Å². The number of rotatable bonds is 3. The topological polar surface area (TPSA) is 81.5 Å². The summed E-state index contributed by atoms with van der Waals surface area (Å²) in [5.41, 5.74) is 0.909. The van der Waals surface area contributed by atoms with E-state index in [2.05, 4.69) is 4.98 Å². The second kappa shape index (κ2) is 6.82. The van der Waals surface area contributed by atoms with Gasteiger partial charge in [-0.2, -0.15) is 0 Å². The standard InChI is InChI=1S/C17H19N3O4/c1-24-17(23)14-8-4-5-9-19(14)16(22)11-20-13-7-3-2-6-12(13)18-10-15(20)21/h2-3,6-7,10,14H,4-5,8-9,11H2,1H3. The fraction of sp³-hybridized carbons (Fsp3) is 0.412. The van der Waals surface area contributed by atoms with Gasteiger partial charge in [0.15, 0.2) is 0 Å². The number of ether oxygens (including phenoxy) is 1. The number of para-hydroxylation sites is 2. The van der Waals surface area contributed by atoms with Gasteiger partial charge in [0.2, 0.25) is 5.91 Å². The summed E-state index contributed by atoms with van der Waals surface area (Å²) in [6.07, 6.45) is 3.51. The Morgan fingerprint density at radius 1 is 1.29 bits per heavy atom. The highest BCUT2D eigenvalue weighted by Gasteiger charge is 2.33. The molecule has 0 spiro atoms. The van der Waals surface area contributed by atoms with Crippen LogP contribution in [0.1, 0.15) is 19.3 Å². The minimum Gasteiger partial charge on any atom is -0.467 e. The summed E-state index contributed by atoms with van der Waals surface area (Å²) < 4.78 is 6.20. The predicted molar refractivity (Wildman–Crippen MR) is 87.4 cm³/mol. The molecule has 7 heteroatoms. The molecule has 1 aliphatic rings. The first-order valence-electron chi connectivity index (χ1n) is 7.93. The summed E-state index contributed by atoms with van der Waals surface area (Å²) in [5.74, 6) is -0.668. The molecule has 2 aromatic rings. The van der Waals surface area contributed by atoms with Crippen molar-refractivity contribution in [3.05, 3.63) is 40.8 Å². The molecule has 1 unspecified atom stereocenters. The van der Waals surface area contributed by atoms with Gasteiger partial charge in [-0.1, -0.05) is 12.1 Å². The number of carbonyl (C=O) groups is 2. The van der Waals surface area contributed by atoms with Gasteiger partial charge in [0, 0.05) is 6.54 Å². The van der Waals surface area contributed by atoms with Gasteiger partial charge in [-0.15, -0.1) is 0 Å². The molecule has 0 saturated carbocycles. The fourth-order valence-corrected chi connectivity index (χ4v) is 3.12. The van der Waals surface area contributed by atoms with Crippen LogP contribution in [0.2, 0.25) is 0 Å². The Labute approximate surface area is 138 Å². The molecule has 1 amide bonds. The minimum atomic E-state index is -0.569. The fourth-order valence-electron chi connectivity index (χ4n) is 3.12. The average molecular weight is 329 g/mol. The van der Waals surface area contributed by atoms with Crippen molar-refractivity contribution in [2.75, 3.05) is 13.7 Å². The lowest BCUT2D eigenvalue weighted by atomic mass is 10.0. The molecule has 1 aliphatic heterocycles. The SMILES string of the molecule is COC(=O)C1CCCCN1C(=O)Cn1c(=O)cnc2ccccc21. The first-order chi connectivity index (χ1) is 11.6. The Hall–Kier alpha value is -2.70. The normalized spacial score (nSPS) is 17.7. The number of hydrogen-bond acceptors (Lipinski definition) is 5. The minimum absolute atomic E-state index is 0.116. The van der Waals surface area contributed by atoms with Crippen LogP contribution in [0.5, 0.6) is 0 Å². The van der Waals surface area contributed by atoms with Crippen LogP contribution >= 0.6 is 0 Å². The van der Waals surface area contributed by atoms with E-state index in [0.29, 0.717) is 24.0 Å². The molecule has 1 fully saturated rings. The van der Waals surface area contributed by atoms with Crippen LogP contribution in [0.3, 0.4) is 0 Å². The highest BCUT2D eigenvalue weighted by molar-refractivity contribution is 5.85. The molecule has 1 atom stereocenters. The van der Waals surface area contributed by atoms with Gasteiger partial charge in [0.05, 0.1) is 24.3 Å². The van der Waals surface area contributed by atoms with E-state index < -0.39 is 12.0 Å². The molecular weight excluding hydrogens is 310 g/mol. The Bertz CT molecular complexity index is 830. The lowest BCUT2D eigenvalue weighted by molar-refractivity contribution is -0.154. The monoisotopic (exact) mass is 329 g/mol. The number of likely N-dealkylation sites (tertiary alicyclic amines) is 1. The second-order valence-electron chi connectivity index (χ2n) is 5.79. The van der Waals surface area contributed by atoms with Crippen LogP contribution in [0.4, 0.5) is 0 Å². The molecule has 24 heavy (non-hydrogen) atoms. The van der Waals surface area contributed by atoms with Crippen LogP contribution in [0.25, 0.3) is 11.0 Å². The van der Waals surface area contributed by atoms with Gasteiger partial charge in [-0.25, -0.2) is 9.78 Å². The first kappa shape index (κ1) is 16.2. The highest BCUT2D eigenvalue weighted by atomic mass is 16.5. The molecule has 1 aromatic heterocycles. The number of piperidine rings is 1. The van der Waals surface area contributed by atoms with E-state index in [1.807, 2.05) is 6.07 Å². The number of benzene rings is 1. The third kappa shape index (κ3) is 3.02. The molecule has 3 rings (SSSR count). The van der Waals surface area contributed by atoms with Crippen molar-refractivity contribution in [2.45, 2.75) is 31.8 Å². The highest BCUT2D eigenvalue weighted by Crippen LogP contribution is 2.19. The molecular formula is C17H19N3O4. The van der Waals surface area contributed by atoms with Crippen LogP contribution in [-0.4, -0.2) is 46.0 Å². The van der Waals surface area contributed by atoms with Crippen molar-refractivity contribution in [2.24, 2.45) is 0 Å². The number of nitrogens with zero attached hydrogens (tertiary/aromatic N) is 3. The van der Waals surface area contributed by atoms with Crippen LogP contribution in [-0.2, 0) is 20.9 Å². The zero-order chi connectivity index (χ0) is 17.1. The Balaban J connectivity index is 1.90. The summed E-state index contributed by atoms with van der Waals surface area (Å²) in [5, 5.41) is 0. The maximum Gasteiger partial charge on any atom is 0.328 e. The van der Waals surface area contributed by atoms with Crippen LogP contribution in [0, 0.1) is 0 Å². The van der Waals surface area contributed by atoms with E-state index in [0.717, 1.165) is 12.8 Å². The lowest BCUT2D eigenvalue weighted by Crippen LogP contribution is -2.50. The summed E-state index contributed by atoms with van der Waals surface area (Å²) in [6, 6.07) is 6.59. The molecule has 0 radical (unpaired) electrons. The van der Waals surface area contributed by atoms with E-state index in [4.69, 9.17) is 4.74 Å². The van der Waals surface area contributed by atoms with Crippen molar-refractivity contribution < 1.29 is 14.3 Å². The summed E-state index contributed by atoms with van der Waals surface area (Å²) in [7, 11) is 1.32. The molecule has 0 bridgehead atoms. The largest absolute Gasteiger partial charge is 0.467 e. The van der Waals surface area contributed by atoms with Crippen molar-refractivity contribution in [3.63, 3.8) is 0 Å². The quantitative estimate of drug-likeness (QED) is 0.783. The predicted octanol–water partition coefficient (Wildman–Crippen LogP) is 0.951. The molecule has 0 aliphatic carbocycles. The number of carbonyl (C=O) groups excluding carboxylic acids is 2. The maximum atomic E-state index is 12.7. The van der Waals surface area contributed by atoms with E-state index in [1.54, 1.807) is 18.2 Å². The molecule has 2 heterocycles. The van der Waals surface area contributed by atoms with Crippen molar-refractivity contribution in [1.29, 1.82) is 0 Å². The summed E-state index contributed by atoms with van der Waals surface area (Å²) in [6.45, 7) is 0.381. The smallest absolute Gasteiger partial charge is 0.328 e. The number of aromatic nitrogens is 2. The third-order valence-corrected chi connectivity index (χ3v) is 4.34. The van der Waals surface area contributed by atoms with Crippen molar-refractivity contribution in [3.8, 4) is 0 Å². The van der Waals surface area contributed by atoms with E-state index >= 15 is 0 Å². The number of methoxy groups -OCH3 is 1. The average Bonchev–Trinajstić information content (AvgIpc) is 2.63. The zero-order valence-electron chi connectivity index (χ0n) is 13.5. The molecule has 7 nitrogen and oxygen atoms in total. The number of hydrogen-bond donors (Lipinski definition) is 0. The summed E-state index contributed by atoms with van der Waals surface area (Å²) >= 11 is 0. The van der Waals surface area contributed by atoms with Crippen LogP contribution in [0.15, 0.2) is 35.3 Å². The number of esters is 1. The lowest BCUT2D eigenvalue weighted by Gasteiger charge is -2.34. The molecule has 1 saturated heterocycles. The Kier molecular flexibility index (Phi) is 4.59. The van der Waals surface area contributed by atoms with Gasteiger partial charge in [0.25, 0.3) is 5.56 Å². The van der Waals surface area contributed by atoms with E-state index in [-0.39, 0.29) is 18.0 Å². The third-order valence-electron chi connectivity index (χ3n) is 4.34. The molecule has 1 aromatic carbocycles. The summed E-state index contributed by atoms with van der Waals surface area (Å²) in [4.78, 5) is 42.4. The molecule has 0 N–H and O–H groups in total. The van der Waals surface area contributed by atoms with Gasteiger partial charge >= 0.3 is 5.97 Å². The second-order valence-corrected chi connectivity index (χ2v) is 5.79. The van der Waals surface area contributed by atoms with Gasteiger partial charge < -0.3 is 9.64 Å². The van der Waals surface area contributed by atoms with E-state index in [1.165, 1.54) is 22.8 Å².